The lowest BCUT2D eigenvalue weighted by atomic mass is 10.0. The van der Waals surface area contributed by atoms with Gasteiger partial charge >= 0.3 is 0 Å². The van der Waals surface area contributed by atoms with E-state index in [0.717, 1.165) is 37.6 Å². The zero-order chi connectivity index (χ0) is 21.2. The molecule has 0 radical (unpaired) electrons. The maximum atomic E-state index is 13.0. The molecule has 0 saturated carbocycles. The van der Waals surface area contributed by atoms with Crippen LogP contribution in [0.2, 0.25) is 0 Å². The molecule has 0 aliphatic carbocycles. The van der Waals surface area contributed by atoms with Gasteiger partial charge in [-0.25, -0.2) is 0 Å². The van der Waals surface area contributed by atoms with Crippen molar-refractivity contribution in [1.82, 2.24) is 9.80 Å². The van der Waals surface area contributed by atoms with E-state index in [-0.39, 0.29) is 24.1 Å². The highest BCUT2D eigenvalue weighted by Crippen LogP contribution is 2.26. The van der Waals surface area contributed by atoms with E-state index >= 15 is 0 Å². The van der Waals surface area contributed by atoms with Crippen LogP contribution >= 0.6 is 12.4 Å². The molecule has 1 aromatic heterocycles. The van der Waals surface area contributed by atoms with Crippen LogP contribution in [-0.2, 0) is 19.5 Å². The van der Waals surface area contributed by atoms with Gasteiger partial charge in [0, 0.05) is 23.2 Å². The molecule has 0 unspecified atom stereocenters. The Labute approximate surface area is 194 Å². The molecule has 5 nitrogen and oxygen atoms in total. The number of benzene rings is 2. The van der Waals surface area contributed by atoms with Crippen molar-refractivity contribution in [1.29, 1.82) is 0 Å². The van der Waals surface area contributed by atoms with Gasteiger partial charge < -0.3 is 9.32 Å². The van der Waals surface area contributed by atoms with Gasteiger partial charge in [0.05, 0.1) is 13.1 Å². The van der Waals surface area contributed by atoms with E-state index < -0.39 is 0 Å². The summed E-state index contributed by atoms with van der Waals surface area (Å²) >= 11 is 0. The average molecular weight is 451 g/mol. The number of carbonyl (C=O) groups excluding carboxylic acids is 2. The van der Waals surface area contributed by atoms with Crippen LogP contribution in [-0.4, -0.2) is 41.1 Å². The maximum Gasteiger partial charge on any atom is 0.254 e. The fourth-order valence-electron chi connectivity index (χ4n) is 4.50. The Bertz CT molecular complexity index is 1090. The second-order valence-electron chi connectivity index (χ2n) is 8.39. The predicted molar refractivity (Wildman–Crippen MR) is 125 cm³/mol. The van der Waals surface area contributed by atoms with Crippen molar-refractivity contribution >= 4 is 24.1 Å². The first-order valence-electron chi connectivity index (χ1n) is 11.0. The number of hydrogen-bond acceptors (Lipinski definition) is 4. The van der Waals surface area contributed by atoms with Gasteiger partial charge in [-0.2, -0.15) is 0 Å². The maximum absolute atomic E-state index is 13.0. The molecule has 1 amide bonds. The van der Waals surface area contributed by atoms with Crippen molar-refractivity contribution in [2.24, 2.45) is 0 Å². The third-order valence-electron chi connectivity index (χ3n) is 6.23. The Morgan fingerprint density at radius 2 is 1.50 bits per heavy atom. The number of rotatable bonds is 5. The highest BCUT2D eigenvalue weighted by molar-refractivity contribution is 6.09. The van der Waals surface area contributed by atoms with Gasteiger partial charge in [-0.05, 0) is 56.1 Å². The number of fused-ring (bicyclic) bond motifs is 1. The number of ketones is 1. The number of amides is 1. The van der Waals surface area contributed by atoms with E-state index in [1.54, 1.807) is 36.4 Å². The predicted octanol–water partition coefficient (Wildman–Crippen LogP) is 4.73. The molecular formula is C26H27ClN2O3. The van der Waals surface area contributed by atoms with Crippen molar-refractivity contribution in [3.63, 3.8) is 0 Å². The number of nitrogens with zero attached hydrogens (tertiary/aromatic N) is 2. The topological polar surface area (TPSA) is 53.8 Å². The van der Waals surface area contributed by atoms with E-state index in [9.17, 15) is 9.59 Å². The first kappa shape index (κ1) is 22.3. The molecule has 0 bridgehead atoms. The number of carbonyl (C=O) groups is 2. The molecular weight excluding hydrogens is 424 g/mol. The lowest BCUT2D eigenvalue weighted by molar-refractivity contribution is 0.0718. The molecule has 3 aromatic rings. The standard InChI is InChI=1S/C26H26N2O3.ClH/c29-25(19-6-2-1-3-7-19)20-8-10-21(11-9-20)26(30)28-15-12-22-16-23(31-24(22)18-28)17-27-13-4-5-14-27;/h1-3,6-11,16H,4-5,12-15,17-18H2;1H. The van der Waals surface area contributed by atoms with E-state index in [1.165, 1.54) is 18.4 Å². The molecule has 3 heterocycles. The number of halogens is 1. The first-order chi connectivity index (χ1) is 15.2. The van der Waals surface area contributed by atoms with Crippen molar-refractivity contribution < 1.29 is 14.0 Å². The van der Waals surface area contributed by atoms with Crippen LogP contribution in [0.5, 0.6) is 0 Å². The Morgan fingerprint density at radius 3 is 2.22 bits per heavy atom. The van der Waals surface area contributed by atoms with E-state index in [2.05, 4.69) is 11.0 Å². The monoisotopic (exact) mass is 450 g/mol. The number of hydrogen-bond donors (Lipinski definition) is 0. The third-order valence-corrected chi connectivity index (χ3v) is 6.23. The Morgan fingerprint density at radius 1 is 0.844 bits per heavy atom. The van der Waals surface area contributed by atoms with Gasteiger partial charge in [0.2, 0.25) is 0 Å². The van der Waals surface area contributed by atoms with Gasteiger partial charge in [-0.15, -0.1) is 12.4 Å². The lowest BCUT2D eigenvalue weighted by Gasteiger charge is -2.26. The van der Waals surface area contributed by atoms with Gasteiger partial charge in [0.1, 0.15) is 11.5 Å². The molecule has 0 atom stereocenters. The van der Waals surface area contributed by atoms with Crippen LogP contribution in [0.1, 0.15) is 56.2 Å². The molecule has 166 valence electrons. The molecule has 0 N–H and O–H groups in total. The first-order valence-corrected chi connectivity index (χ1v) is 11.0. The SMILES string of the molecule is Cl.O=C(c1ccccc1)c1ccc(C(=O)N2CCc3cc(CN4CCCC4)oc3C2)cc1. The lowest BCUT2D eigenvalue weighted by Crippen LogP contribution is -2.35. The minimum atomic E-state index is -0.0386. The molecule has 5 rings (SSSR count). The minimum Gasteiger partial charge on any atom is -0.463 e. The largest absolute Gasteiger partial charge is 0.463 e. The molecule has 1 fully saturated rings. The summed E-state index contributed by atoms with van der Waals surface area (Å²) in [6.07, 6.45) is 3.34. The summed E-state index contributed by atoms with van der Waals surface area (Å²) in [5.41, 5.74) is 3.05. The van der Waals surface area contributed by atoms with Gasteiger partial charge in [-0.3, -0.25) is 14.5 Å². The molecule has 2 aliphatic rings. The molecule has 32 heavy (non-hydrogen) atoms. The molecule has 6 heteroatoms. The van der Waals surface area contributed by atoms with E-state index in [0.29, 0.717) is 29.8 Å². The Balaban J connectivity index is 0.00000245. The van der Waals surface area contributed by atoms with E-state index in [1.807, 2.05) is 23.1 Å². The van der Waals surface area contributed by atoms with Crippen LogP contribution in [0.15, 0.2) is 65.1 Å². The average Bonchev–Trinajstić information content (AvgIpc) is 3.48. The molecule has 2 aromatic carbocycles. The van der Waals surface area contributed by atoms with Gasteiger partial charge in [-0.1, -0.05) is 42.5 Å². The summed E-state index contributed by atoms with van der Waals surface area (Å²) in [6.45, 7) is 4.31. The quantitative estimate of drug-likeness (QED) is 0.527. The van der Waals surface area contributed by atoms with Crippen LogP contribution in [0.25, 0.3) is 0 Å². The van der Waals surface area contributed by atoms with Crippen LogP contribution in [0.4, 0.5) is 0 Å². The van der Waals surface area contributed by atoms with E-state index in [4.69, 9.17) is 4.42 Å². The summed E-state index contributed by atoms with van der Waals surface area (Å²) in [5.74, 6) is 1.85. The summed E-state index contributed by atoms with van der Waals surface area (Å²) < 4.78 is 6.10. The highest BCUT2D eigenvalue weighted by atomic mass is 35.5. The third kappa shape index (κ3) is 4.64. The highest BCUT2D eigenvalue weighted by Gasteiger charge is 2.26. The zero-order valence-electron chi connectivity index (χ0n) is 18.0. The normalized spacial score (nSPS) is 15.8. The Kier molecular flexibility index (Phi) is 6.77. The van der Waals surface area contributed by atoms with Crippen LogP contribution in [0, 0.1) is 0 Å². The van der Waals surface area contributed by atoms with Crippen molar-refractivity contribution in [3.8, 4) is 0 Å². The summed E-state index contributed by atoms with van der Waals surface area (Å²) in [6, 6.07) is 18.3. The van der Waals surface area contributed by atoms with Gasteiger partial charge in [0.25, 0.3) is 5.91 Å². The van der Waals surface area contributed by atoms with Gasteiger partial charge in [0.15, 0.2) is 5.78 Å². The summed E-state index contributed by atoms with van der Waals surface area (Å²) in [5, 5.41) is 0. The smallest absolute Gasteiger partial charge is 0.254 e. The molecule has 0 spiro atoms. The van der Waals surface area contributed by atoms with Crippen LogP contribution in [0.3, 0.4) is 0 Å². The number of likely N-dealkylation sites (tertiary alicyclic amines) is 1. The molecule has 1 saturated heterocycles. The second kappa shape index (κ2) is 9.72. The zero-order valence-corrected chi connectivity index (χ0v) is 18.8. The second-order valence-corrected chi connectivity index (χ2v) is 8.39. The minimum absolute atomic E-state index is 0. The summed E-state index contributed by atoms with van der Waals surface area (Å²) in [4.78, 5) is 29.9. The summed E-state index contributed by atoms with van der Waals surface area (Å²) in [7, 11) is 0. The van der Waals surface area contributed by atoms with Crippen molar-refractivity contribution in [2.45, 2.75) is 32.4 Å². The van der Waals surface area contributed by atoms with Crippen molar-refractivity contribution in [3.05, 3.63) is 94.4 Å². The molecule has 2 aliphatic heterocycles. The van der Waals surface area contributed by atoms with Crippen molar-refractivity contribution in [2.75, 3.05) is 19.6 Å². The number of furan rings is 1. The fourth-order valence-corrected chi connectivity index (χ4v) is 4.50. The Hall–Kier alpha value is -2.89. The fraction of sp³-hybridized carbons (Fsp3) is 0.308. The van der Waals surface area contributed by atoms with Crippen LogP contribution < -0.4 is 0 Å².